The zero-order valence-electron chi connectivity index (χ0n) is 6.12. The number of rotatable bonds is 1. The van der Waals surface area contributed by atoms with Gasteiger partial charge in [-0.2, -0.15) is 12.6 Å². The molecule has 4 heteroatoms. The predicted octanol–water partition coefficient (Wildman–Crippen LogP) is 3.38. The fourth-order valence-corrected chi connectivity index (χ4v) is 2.33. The van der Waals surface area contributed by atoms with E-state index in [0.29, 0.717) is 5.15 Å². The zero-order chi connectivity index (χ0) is 8.55. The van der Waals surface area contributed by atoms with Crippen molar-refractivity contribution in [3.05, 3.63) is 28.2 Å². The summed E-state index contributed by atoms with van der Waals surface area (Å²) in [7, 11) is 0. The lowest BCUT2D eigenvalue weighted by Gasteiger charge is -1.87. The Kier molecular flexibility index (Phi) is 2.26. The average Bonchev–Trinajstić information content (AvgIpc) is 2.46. The molecule has 0 N–H and O–H groups in total. The molecule has 0 fully saturated rings. The molecular formula is C8H6ClNS2. The van der Waals surface area contributed by atoms with E-state index < -0.39 is 0 Å². The topological polar surface area (TPSA) is 12.9 Å². The van der Waals surface area contributed by atoms with E-state index in [2.05, 4.69) is 17.6 Å². The minimum atomic E-state index is 0.547. The Hall–Kier alpha value is -0.250. The van der Waals surface area contributed by atoms with Crippen LogP contribution in [0, 0.1) is 0 Å². The highest BCUT2D eigenvalue weighted by Crippen LogP contribution is 2.26. The second kappa shape index (κ2) is 3.24. The van der Waals surface area contributed by atoms with Gasteiger partial charge in [-0.25, -0.2) is 4.98 Å². The Morgan fingerprint density at radius 2 is 2.33 bits per heavy atom. The van der Waals surface area contributed by atoms with E-state index in [1.54, 1.807) is 11.3 Å². The van der Waals surface area contributed by atoms with Gasteiger partial charge in [-0.15, -0.1) is 11.3 Å². The van der Waals surface area contributed by atoms with Crippen LogP contribution in [0.2, 0.25) is 5.15 Å². The molecule has 12 heavy (non-hydrogen) atoms. The summed E-state index contributed by atoms with van der Waals surface area (Å²) in [5, 5.41) is 0.547. The number of thiophene rings is 1. The minimum absolute atomic E-state index is 0.547. The van der Waals surface area contributed by atoms with E-state index in [4.69, 9.17) is 11.6 Å². The molecule has 0 amide bonds. The van der Waals surface area contributed by atoms with Crippen LogP contribution in [-0.2, 0) is 5.75 Å². The number of pyridine rings is 1. The maximum atomic E-state index is 5.75. The van der Waals surface area contributed by atoms with E-state index in [1.807, 2.05) is 18.2 Å². The van der Waals surface area contributed by atoms with Crippen molar-refractivity contribution in [2.45, 2.75) is 5.75 Å². The predicted molar refractivity (Wildman–Crippen MR) is 57.3 cm³/mol. The molecule has 2 aromatic heterocycles. The quantitative estimate of drug-likeness (QED) is 0.569. The minimum Gasteiger partial charge on any atom is -0.235 e. The van der Waals surface area contributed by atoms with Crippen LogP contribution in [0.25, 0.3) is 10.2 Å². The molecule has 0 spiro atoms. The third kappa shape index (κ3) is 1.44. The Morgan fingerprint density at radius 3 is 3.08 bits per heavy atom. The van der Waals surface area contributed by atoms with Gasteiger partial charge in [0.1, 0.15) is 5.15 Å². The Labute approximate surface area is 84.8 Å². The lowest BCUT2D eigenvalue weighted by atomic mass is 10.4. The van der Waals surface area contributed by atoms with E-state index >= 15 is 0 Å². The molecule has 62 valence electrons. The molecule has 0 atom stereocenters. The van der Waals surface area contributed by atoms with Gasteiger partial charge in [0, 0.05) is 10.6 Å². The molecule has 0 aromatic carbocycles. The summed E-state index contributed by atoms with van der Waals surface area (Å²) in [6.07, 6.45) is 0. The fraction of sp³-hybridized carbons (Fsp3) is 0.125. The van der Waals surface area contributed by atoms with E-state index in [0.717, 1.165) is 11.3 Å². The Balaban J connectivity index is 2.67. The first-order chi connectivity index (χ1) is 5.79. The molecule has 0 unspecified atom stereocenters. The van der Waals surface area contributed by atoms with Crippen LogP contribution < -0.4 is 0 Å². The number of thiol groups is 1. The highest BCUT2D eigenvalue weighted by molar-refractivity contribution is 7.79. The first-order valence-corrected chi connectivity index (χ1v) is 5.28. The molecule has 0 aliphatic rings. The van der Waals surface area contributed by atoms with Crippen molar-refractivity contribution in [3.63, 3.8) is 0 Å². The highest BCUT2D eigenvalue weighted by Gasteiger charge is 2.01. The van der Waals surface area contributed by atoms with E-state index in [-0.39, 0.29) is 0 Å². The third-order valence-corrected chi connectivity index (χ3v) is 3.40. The molecule has 0 saturated carbocycles. The first-order valence-electron chi connectivity index (χ1n) is 3.45. The Bertz CT molecular complexity index is 410. The number of nitrogens with zero attached hydrogens (tertiary/aromatic N) is 1. The first kappa shape index (κ1) is 8.35. The Morgan fingerprint density at radius 1 is 1.50 bits per heavy atom. The molecule has 2 aromatic rings. The lowest BCUT2D eigenvalue weighted by molar-refractivity contribution is 1.42. The van der Waals surface area contributed by atoms with Crippen LogP contribution in [-0.4, -0.2) is 4.98 Å². The SMILES string of the molecule is SCc1cc2nc(Cl)ccc2s1. The molecule has 2 rings (SSSR count). The van der Waals surface area contributed by atoms with Crippen LogP contribution in [0.1, 0.15) is 4.88 Å². The largest absolute Gasteiger partial charge is 0.235 e. The molecular weight excluding hydrogens is 210 g/mol. The van der Waals surface area contributed by atoms with Gasteiger partial charge < -0.3 is 0 Å². The molecule has 0 bridgehead atoms. The second-order valence-electron chi connectivity index (χ2n) is 2.39. The summed E-state index contributed by atoms with van der Waals surface area (Å²) in [6.45, 7) is 0. The standard InChI is InChI=1S/C8H6ClNS2/c9-8-2-1-7-6(10-8)3-5(4-11)12-7/h1-3,11H,4H2. The smallest absolute Gasteiger partial charge is 0.129 e. The summed E-state index contributed by atoms with van der Waals surface area (Å²) in [4.78, 5) is 5.41. The van der Waals surface area contributed by atoms with Crippen LogP contribution >= 0.6 is 35.6 Å². The maximum absolute atomic E-state index is 5.75. The number of halogens is 1. The average molecular weight is 216 g/mol. The zero-order valence-corrected chi connectivity index (χ0v) is 8.59. The normalized spacial score (nSPS) is 10.8. The second-order valence-corrected chi connectivity index (χ2v) is 4.26. The van der Waals surface area contributed by atoms with Gasteiger partial charge in [0.15, 0.2) is 0 Å². The van der Waals surface area contributed by atoms with Crippen molar-refractivity contribution < 1.29 is 0 Å². The summed E-state index contributed by atoms with van der Waals surface area (Å²) in [5.74, 6) is 0.763. The van der Waals surface area contributed by atoms with Gasteiger partial charge in [0.25, 0.3) is 0 Å². The van der Waals surface area contributed by atoms with Crippen molar-refractivity contribution in [2.75, 3.05) is 0 Å². The van der Waals surface area contributed by atoms with Crippen LogP contribution in [0.4, 0.5) is 0 Å². The molecule has 1 nitrogen and oxygen atoms in total. The van der Waals surface area contributed by atoms with Gasteiger partial charge in [-0.1, -0.05) is 11.6 Å². The van der Waals surface area contributed by atoms with Crippen molar-refractivity contribution in [1.29, 1.82) is 0 Å². The summed E-state index contributed by atoms with van der Waals surface area (Å²) in [6, 6.07) is 5.82. The van der Waals surface area contributed by atoms with Gasteiger partial charge >= 0.3 is 0 Å². The number of fused-ring (bicyclic) bond motifs is 1. The van der Waals surface area contributed by atoms with Gasteiger partial charge in [-0.05, 0) is 18.2 Å². The molecule has 0 radical (unpaired) electrons. The fourth-order valence-electron chi connectivity index (χ4n) is 1.03. The van der Waals surface area contributed by atoms with Gasteiger partial charge in [-0.3, -0.25) is 0 Å². The van der Waals surface area contributed by atoms with Crippen LogP contribution in [0.3, 0.4) is 0 Å². The lowest BCUT2D eigenvalue weighted by Crippen LogP contribution is -1.71. The third-order valence-electron chi connectivity index (χ3n) is 1.55. The van der Waals surface area contributed by atoms with Crippen LogP contribution in [0.15, 0.2) is 18.2 Å². The maximum Gasteiger partial charge on any atom is 0.129 e. The van der Waals surface area contributed by atoms with Crippen molar-refractivity contribution in [2.24, 2.45) is 0 Å². The highest BCUT2D eigenvalue weighted by atomic mass is 35.5. The van der Waals surface area contributed by atoms with Gasteiger partial charge in [0.05, 0.1) is 10.2 Å². The van der Waals surface area contributed by atoms with Crippen LogP contribution in [0.5, 0.6) is 0 Å². The van der Waals surface area contributed by atoms with Crippen molar-refractivity contribution >= 4 is 45.8 Å². The number of hydrogen-bond donors (Lipinski definition) is 1. The molecule has 0 aliphatic carbocycles. The summed E-state index contributed by atoms with van der Waals surface area (Å²) >= 11 is 11.7. The molecule has 0 saturated heterocycles. The summed E-state index contributed by atoms with van der Waals surface area (Å²) in [5.41, 5.74) is 0.969. The summed E-state index contributed by atoms with van der Waals surface area (Å²) < 4.78 is 1.17. The molecule has 0 aliphatic heterocycles. The van der Waals surface area contributed by atoms with Crippen molar-refractivity contribution in [1.82, 2.24) is 4.98 Å². The number of hydrogen-bond acceptors (Lipinski definition) is 3. The van der Waals surface area contributed by atoms with Gasteiger partial charge in [0.2, 0.25) is 0 Å². The molecule has 2 heterocycles. The monoisotopic (exact) mass is 215 g/mol. The number of aromatic nitrogens is 1. The van der Waals surface area contributed by atoms with E-state index in [1.165, 1.54) is 9.58 Å². The van der Waals surface area contributed by atoms with E-state index in [9.17, 15) is 0 Å². The van der Waals surface area contributed by atoms with Crippen molar-refractivity contribution in [3.8, 4) is 0 Å².